The van der Waals surface area contributed by atoms with Gasteiger partial charge in [0.1, 0.15) is 15.5 Å². The lowest BCUT2D eigenvalue weighted by molar-refractivity contribution is -0.135. The molecule has 0 saturated heterocycles. The van der Waals surface area contributed by atoms with E-state index in [-0.39, 0.29) is 12.1 Å². The number of carbonyl (C=O) groups is 2. The van der Waals surface area contributed by atoms with E-state index < -0.39 is 28.7 Å². The molecule has 0 spiro atoms. The number of anilines is 1. The molecule has 0 saturated carbocycles. The predicted octanol–water partition coefficient (Wildman–Crippen LogP) is 6.86. The molecule has 5 nitrogen and oxygen atoms in total. The van der Waals surface area contributed by atoms with Gasteiger partial charge in [-0.25, -0.2) is 9.59 Å². The number of hydrogen-bond donors (Lipinski definition) is 2. The van der Waals surface area contributed by atoms with Crippen molar-refractivity contribution < 1.29 is 27.5 Å². The normalized spacial score (nSPS) is 15.9. The van der Waals surface area contributed by atoms with Gasteiger partial charge in [-0.15, -0.1) is 22.7 Å². The molecule has 0 aromatic carbocycles. The van der Waals surface area contributed by atoms with Crippen molar-refractivity contribution >= 4 is 39.7 Å². The largest absolute Gasteiger partial charge is 0.456 e. The lowest BCUT2D eigenvalue weighted by Gasteiger charge is -2.21. The van der Waals surface area contributed by atoms with E-state index in [0.717, 1.165) is 70.7 Å². The highest BCUT2D eigenvalue weighted by molar-refractivity contribution is 7.17. The van der Waals surface area contributed by atoms with Crippen LogP contribution in [0.5, 0.6) is 0 Å². The van der Waals surface area contributed by atoms with E-state index in [1.165, 1.54) is 11.3 Å². The highest BCUT2D eigenvalue weighted by Gasteiger charge is 2.38. The molecule has 2 aromatic rings. The van der Waals surface area contributed by atoms with Gasteiger partial charge in [-0.05, 0) is 88.8 Å². The zero-order valence-electron chi connectivity index (χ0n) is 19.5. The van der Waals surface area contributed by atoms with E-state index in [4.69, 9.17) is 4.74 Å². The summed E-state index contributed by atoms with van der Waals surface area (Å²) in [5, 5.41) is 5.72. The fourth-order valence-electron chi connectivity index (χ4n) is 4.56. The second-order valence-corrected chi connectivity index (χ2v) is 12.0. The third-order valence-electron chi connectivity index (χ3n) is 5.97. The van der Waals surface area contributed by atoms with Gasteiger partial charge in [0.2, 0.25) is 0 Å². The highest BCUT2D eigenvalue weighted by atomic mass is 32.1. The lowest BCUT2D eigenvalue weighted by atomic mass is 9.94. The first kappa shape index (κ1) is 25.0. The molecule has 4 rings (SSSR count). The smallest absolute Gasteiger partial charge is 0.425 e. The minimum Gasteiger partial charge on any atom is -0.456 e. The van der Waals surface area contributed by atoms with Gasteiger partial charge >= 0.3 is 18.2 Å². The number of fused-ring (bicyclic) bond motifs is 2. The van der Waals surface area contributed by atoms with Crippen molar-refractivity contribution in [1.29, 1.82) is 0 Å². The zero-order valence-corrected chi connectivity index (χ0v) is 21.2. The summed E-state index contributed by atoms with van der Waals surface area (Å²) in [6.45, 7) is 5.13. The van der Waals surface area contributed by atoms with Crippen molar-refractivity contribution in [1.82, 2.24) is 5.32 Å². The third-order valence-corrected chi connectivity index (χ3v) is 8.55. The molecule has 2 aliphatic rings. The highest BCUT2D eigenvalue weighted by Crippen LogP contribution is 2.43. The molecule has 0 unspecified atom stereocenters. The summed E-state index contributed by atoms with van der Waals surface area (Å²) >= 11 is 2.15. The van der Waals surface area contributed by atoms with Gasteiger partial charge in [0.15, 0.2) is 0 Å². The van der Waals surface area contributed by atoms with Crippen LogP contribution in [0.15, 0.2) is 0 Å². The van der Waals surface area contributed by atoms with Crippen LogP contribution in [0.25, 0.3) is 0 Å². The Hall–Kier alpha value is -2.07. The van der Waals surface area contributed by atoms with Crippen molar-refractivity contribution in [3.63, 3.8) is 0 Å². The van der Waals surface area contributed by atoms with E-state index in [2.05, 4.69) is 10.6 Å². The summed E-state index contributed by atoms with van der Waals surface area (Å²) < 4.78 is 46.5. The van der Waals surface area contributed by atoms with E-state index in [9.17, 15) is 22.8 Å². The minimum atomic E-state index is -4.45. The van der Waals surface area contributed by atoms with Crippen LogP contribution in [0, 0.1) is 0 Å². The molecule has 0 bridgehead atoms. The molecule has 2 amide bonds. The van der Waals surface area contributed by atoms with Crippen molar-refractivity contribution in [3.05, 3.63) is 36.9 Å². The van der Waals surface area contributed by atoms with E-state index in [1.807, 2.05) is 0 Å². The van der Waals surface area contributed by atoms with E-state index in [1.54, 1.807) is 20.8 Å². The van der Waals surface area contributed by atoms with Gasteiger partial charge < -0.3 is 10.1 Å². The van der Waals surface area contributed by atoms with Gasteiger partial charge in [0, 0.05) is 16.3 Å². The average Bonchev–Trinajstić information content (AvgIpc) is 3.29. The number of esters is 1. The quantitative estimate of drug-likeness (QED) is 0.438. The second-order valence-electron chi connectivity index (χ2n) is 9.74. The lowest BCUT2D eigenvalue weighted by Crippen LogP contribution is -2.30. The molecule has 0 atom stereocenters. The first-order valence-corrected chi connectivity index (χ1v) is 13.2. The molecule has 0 radical (unpaired) electrons. The Morgan fingerprint density at radius 2 is 1.50 bits per heavy atom. The van der Waals surface area contributed by atoms with Gasteiger partial charge in [-0.3, -0.25) is 5.32 Å². The molecule has 2 aromatic heterocycles. The predicted molar refractivity (Wildman–Crippen MR) is 128 cm³/mol. The summed E-state index contributed by atoms with van der Waals surface area (Å²) in [5.41, 5.74) is 1.48. The Morgan fingerprint density at radius 3 is 2.12 bits per heavy atom. The average molecular weight is 515 g/mol. The number of thiophene rings is 2. The fraction of sp³-hybridized carbons (Fsp3) is 0.583. The first-order chi connectivity index (χ1) is 15.9. The number of urea groups is 1. The molecule has 2 heterocycles. The molecule has 0 aliphatic heterocycles. The Labute approximate surface area is 205 Å². The van der Waals surface area contributed by atoms with Crippen LogP contribution in [0.4, 0.5) is 23.0 Å². The summed E-state index contributed by atoms with van der Waals surface area (Å²) in [6, 6.07) is -0.632. The number of aryl methyl sites for hydroxylation is 2. The van der Waals surface area contributed by atoms with Crippen LogP contribution in [0.3, 0.4) is 0 Å². The van der Waals surface area contributed by atoms with Crippen molar-refractivity contribution in [2.45, 2.75) is 90.5 Å². The third kappa shape index (κ3) is 5.43. The molecule has 2 N–H and O–H groups in total. The van der Waals surface area contributed by atoms with Crippen LogP contribution >= 0.6 is 22.7 Å². The van der Waals surface area contributed by atoms with Gasteiger partial charge in [-0.1, -0.05) is 0 Å². The first-order valence-electron chi connectivity index (χ1n) is 11.6. The molecular weight excluding hydrogens is 485 g/mol. The maximum absolute atomic E-state index is 13.6. The van der Waals surface area contributed by atoms with Gasteiger partial charge in [0.05, 0.1) is 5.56 Å². The van der Waals surface area contributed by atoms with Gasteiger partial charge in [0.25, 0.3) is 0 Å². The second kappa shape index (κ2) is 9.53. The number of ether oxygens (including phenoxy) is 1. The molecule has 186 valence electrons. The maximum atomic E-state index is 13.6. The van der Waals surface area contributed by atoms with Crippen molar-refractivity contribution in [3.8, 4) is 0 Å². The zero-order chi connectivity index (χ0) is 24.7. The summed E-state index contributed by atoms with van der Waals surface area (Å²) in [5.74, 6) is -0.492. The summed E-state index contributed by atoms with van der Waals surface area (Å²) in [6.07, 6.45) is 2.05. The molecule has 34 heavy (non-hydrogen) atoms. The van der Waals surface area contributed by atoms with Crippen LogP contribution in [-0.2, 0) is 43.1 Å². The van der Waals surface area contributed by atoms with Crippen LogP contribution < -0.4 is 10.6 Å². The minimum absolute atomic E-state index is 0.167. The van der Waals surface area contributed by atoms with Crippen LogP contribution in [0.2, 0.25) is 0 Å². The van der Waals surface area contributed by atoms with Gasteiger partial charge in [-0.2, -0.15) is 13.2 Å². The Bertz CT molecular complexity index is 1100. The fourth-order valence-corrected chi connectivity index (χ4v) is 7.11. The standard InChI is InChI=1S/C24H29F3N2O3S2/c1-23(2,3)32-21(30)18-14-9-5-7-11-17(14)34-20(18)29-22(31)28-12-15-13-8-4-6-10-16(13)33-19(15)24(25,26)27/h4-12H2,1-3H3,(H2,28,29,31). The SMILES string of the molecule is CC(C)(C)OC(=O)c1c(NC(=O)NCc2c(C(F)(F)F)sc3c2CCCC3)sc2c1CCCC2. The summed E-state index contributed by atoms with van der Waals surface area (Å²) in [4.78, 5) is 26.9. The molecule has 2 aliphatic carbocycles. The Balaban J connectivity index is 1.54. The number of alkyl halides is 3. The summed E-state index contributed by atoms with van der Waals surface area (Å²) in [7, 11) is 0. The number of hydrogen-bond acceptors (Lipinski definition) is 5. The number of rotatable bonds is 4. The van der Waals surface area contributed by atoms with Crippen LogP contribution in [0.1, 0.15) is 88.1 Å². The Morgan fingerprint density at radius 1 is 0.912 bits per heavy atom. The van der Waals surface area contributed by atoms with Crippen molar-refractivity contribution in [2.24, 2.45) is 0 Å². The molecular formula is C24H29F3N2O3S2. The number of carbonyl (C=O) groups excluding carboxylic acids is 2. The Kier molecular flexibility index (Phi) is 7.01. The number of amides is 2. The monoisotopic (exact) mass is 514 g/mol. The topological polar surface area (TPSA) is 67.4 Å². The number of nitrogens with one attached hydrogen (secondary N) is 2. The number of halogens is 3. The van der Waals surface area contributed by atoms with Crippen LogP contribution in [-0.4, -0.2) is 17.6 Å². The maximum Gasteiger partial charge on any atom is 0.425 e. The van der Waals surface area contributed by atoms with Crippen molar-refractivity contribution in [2.75, 3.05) is 5.32 Å². The van der Waals surface area contributed by atoms with E-state index >= 15 is 0 Å². The molecule has 10 heteroatoms. The van der Waals surface area contributed by atoms with E-state index in [0.29, 0.717) is 23.4 Å². The molecule has 0 fully saturated rings.